The lowest BCUT2D eigenvalue weighted by Crippen LogP contribution is -2.23. The highest BCUT2D eigenvalue weighted by Crippen LogP contribution is 2.39. The molecule has 7 heteroatoms. The van der Waals surface area contributed by atoms with Crippen LogP contribution in [0.4, 0.5) is 15.9 Å². The van der Waals surface area contributed by atoms with Gasteiger partial charge in [0.15, 0.2) is 5.82 Å². The Bertz CT molecular complexity index is 1280. The van der Waals surface area contributed by atoms with Crippen molar-refractivity contribution in [1.29, 1.82) is 5.26 Å². The number of nitrogens with zero attached hydrogens (tertiary/aromatic N) is 4. The Kier molecular flexibility index (Phi) is 5.90. The van der Waals surface area contributed by atoms with Crippen molar-refractivity contribution in [1.82, 2.24) is 14.8 Å². The zero-order chi connectivity index (χ0) is 22.6. The fourth-order valence-electron chi connectivity index (χ4n) is 4.46. The zero-order valence-corrected chi connectivity index (χ0v) is 18.1. The second kappa shape index (κ2) is 9.29. The van der Waals surface area contributed by atoms with Crippen LogP contribution in [0, 0.1) is 23.1 Å². The lowest BCUT2D eigenvalue weighted by molar-refractivity contribution is 0.277. The number of nitrogens with one attached hydrogen (secondary N) is 1. The number of rotatable bonds is 6. The van der Waals surface area contributed by atoms with Crippen molar-refractivity contribution in [3.8, 4) is 11.9 Å². The molecule has 1 N–H and O–H groups in total. The normalized spacial score (nSPS) is 18.1. The Hall–Kier alpha value is -3.92. The number of anilines is 2. The van der Waals surface area contributed by atoms with Gasteiger partial charge < -0.3 is 10.1 Å². The first-order chi connectivity index (χ1) is 16.2. The summed E-state index contributed by atoms with van der Waals surface area (Å²) >= 11 is 0. The molecule has 2 atom stereocenters. The third kappa shape index (κ3) is 4.37. The molecule has 4 aromatic rings. The molecule has 0 saturated heterocycles. The van der Waals surface area contributed by atoms with Gasteiger partial charge in [-0.2, -0.15) is 10.4 Å². The van der Waals surface area contributed by atoms with Crippen LogP contribution in [0.5, 0.6) is 5.88 Å². The minimum atomic E-state index is -0.302. The summed E-state index contributed by atoms with van der Waals surface area (Å²) in [4.78, 5) is 4.50. The van der Waals surface area contributed by atoms with Crippen molar-refractivity contribution in [3.63, 3.8) is 0 Å². The third-order valence-electron chi connectivity index (χ3n) is 6.12. The van der Waals surface area contributed by atoms with E-state index in [0.717, 1.165) is 42.1 Å². The molecule has 0 spiro atoms. The van der Waals surface area contributed by atoms with E-state index in [1.807, 2.05) is 41.1 Å². The summed E-state index contributed by atoms with van der Waals surface area (Å²) in [5.74, 6) is 0.650. The van der Waals surface area contributed by atoms with Crippen LogP contribution in [0.3, 0.4) is 0 Å². The number of fused-ring (bicyclic) bond motifs is 1. The minimum Gasteiger partial charge on any atom is -0.472 e. The van der Waals surface area contributed by atoms with Gasteiger partial charge in [0.25, 0.3) is 0 Å². The largest absolute Gasteiger partial charge is 0.472 e. The number of nitriles is 1. The number of ether oxygens (including phenoxy) is 1. The lowest BCUT2D eigenvalue weighted by atomic mass is 9.85. The molecule has 0 bridgehead atoms. The molecule has 5 rings (SSSR count). The van der Waals surface area contributed by atoms with Crippen LogP contribution in [-0.2, 0) is 6.61 Å². The molecule has 0 amide bonds. The maximum Gasteiger partial charge on any atom is 0.227 e. The molecule has 1 unspecified atom stereocenters. The van der Waals surface area contributed by atoms with Gasteiger partial charge >= 0.3 is 0 Å². The van der Waals surface area contributed by atoms with Gasteiger partial charge in [-0.3, -0.25) is 4.68 Å². The lowest BCUT2D eigenvalue weighted by Gasteiger charge is -2.27. The number of pyridine rings is 1. The quantitative estimate of drug-likeness (QED) is 0.388. The molecule has 1 fully saturated rings. The smallest absolute Gasteiger partial charge is 0.227 e. The molecule has 1 aliphatic carbocycles. The van der Waals surface area contributed by atoms with E-state index in [2.05, 4.69) is 16.4 Å². The van der Waals surface area contributed by atoms with Crippen LogP contribution < -0.4 is 10.1 Å². The number of aromatic nitrogens is 3. The Morgan fingerprint density at radius 3 is 2.64 bits per heavy atom. The molecule has 1 saturated carbocycles. The summed E-state index contributed by atoms with van der Waals surface area (Å²) in [6, 6.07) is 20.4. The second-order valence-electron chi connectivity index (χ2n) is 8.30. The molecule has 2 heterocycles. The average molecular weight is 442 g/mol. The standard InChI is InChI=1S/C26H24FN5O/c27-20-10-12-21(13-11-20)30-25-24-23(32(31-25)22-9-5-4-8-19(22)16-28)14-15-29-26(24)33-17-18-6-2-1-3-7-18/h1-3,6-7,10-15,19,22H,4-5,8-9,17H2,(H,30,31)/t19?,22-/m0/s1. The fourth-order valence-corrected chi connectivity index (χ4v) is 4.46. The van der Waals surface area contributed by atoms with Gasteiger partial charge in [0, 0.05) is 11.9 Å². The van der Waals surface area contributed by atoms with Crippen molar-refractivity contribution in [3.05, 3.63) is 78.2 Å². The molecule has 2 aromatic carbocycles. The zero-order valence-electron chi connectivity index (χ0n) is 18.1. The maximum atomic E-state index is 13.4. The monoisotopic (exact) mass is 441 g/mol. The summed E-state index contributed by atoms with van der Waals surface area (Å²) in [6.45, 7) is 0.373. The van der Waals surface area contributed by atoms with Crippen molar-refractivity contribution in [2.75, 3.05) is 5.32 Å². The molecule has 0 radical (unpaired) electrons. The molecule has 2 aromatic heterocycles. The first-order valence-electron chi connectivity index (χ1n) is 11.2. The van der Waals surface area contributed by atoms with E-state index < -0.39 is 0 Å². The first-order valence-corrected chi connectivity index (χ1v) is 11.2. The van der Waals surface area contributed by atoms with Gasteiger partial charge in [0.2, 0.25) is 5.88 Å². The number of hydrogen-bond donors (Lipinski definition) is 1. The molecule has 6 nitrogen and oxygen atoms in total. The van der Waals surface area contributed by atoms with Crippen molar-refractivity contribution in [2.24, 2.45) is 5.92 Å². The van der Waals surface area contributed by atoms with E-state index in [1.165, 1.54) is 12.1 Å². The predicted octanol–water partition coefficient (Wildman–Crippen LogP) is 6.15. The highest BCUT2D eigenvalue weighted by molar-refractivity contribution is 5.96. The van der Waals surface area contributed by atoms with E-state index in [0.29, 0.717) is 24.0 Å². The molecular formula is C26H24FN5O. The van der Waals surface area contributed by atoms with Crippen LogP contribution in [-0.4, -0.2) is 14.8 Å². The van der Waals surface area contributed by atoms with Gasteiger partial charge in [-0.25, -0.2) is 9.37 Å². The first kappa shape index (κ1) is 21.0. The van der Waals surface area contributed by atoms with E-state index >= 15 is 0 Å². The van der Waals surface area contributed by atoms with E-state index in [1.54, 1.807) is 18.3 Å². The van der Waals surface area contributed by atoms with E-state index in [4.69, 9.17) is 9.84 Å². The average Bonchev–Trinajstić information content (AvgIpc) is 3.23. The van der Waals surface area contributed by atoms with Crippen LogP contribution in [0.25, 0.3) is 10.9 Å². The van der Waals surface area contributed by atoms with Gasteiger partial charge in [-0.1, -0.05) is 43.2 Å². The number of benzene rings is 2. The van der Waals surface area contributed by atoms with E-state index in [9.17, 15) is 9.65 Å². The van der Waals surface area contributed by atoms with Crippen LogP contribution >= 0.6 is 0 Å². The maximum absolute atomic E-state index is 13.4. The Balaban J connectivity index is 1.57. The molecule has 1 aliphatic rings. The molecule has 0 aliphatic heterocycles. The SMILES string of the molecule is N#CC1CCCC[C@@H]1n1nc(Nc2ccc(F)cc2)c2c(OCc3ccccc3)nccc21. The predicted molar refractivity (Wildman–Crippen MR) is 125 cm³/mol. The Labute approximate surface area is 191 Å². The van der Waals surface area contributed by atoms with Crippen LogP contribution in [0.2, 0.25) is 0 Å². The van der Waals surface area contributed by atoms with Gasteiger partial charge in [-0.05, 0) is 48.7 Å². The fraction of sp³-hybridized carbons (Fsp3) is 0.269. The Morgan fingerprint density at radius 1 is 1.06 bits per heavy atom. The van der Waals surface area contributed by atoms with Gasteiger partial charge in [0.1, 0.15) is 17.8 Å². The van der Waals surface area contributed by atoms with Gasteiger partial charge in [0.05, 0.1) is 23.5 Å². The highest BCUT2D eigenvalue weighted by Gasteiger charge is 2.30. The number of halogens is 1. The molecule has 166 valence electrons. The second-order valence-corrected chi connectivity index (χ2v) is 8.30. The Morgan fingerprint density at radius 2 is 1.85 bits per heavy atom. The molecular weight excluding hydrogens is 417 g/mol. The van der Waals surface area contributed by atoms with E-state index in [-0.39, 0.29) is 17.8 Å². The summed E-state index contributed by atoms with van der Waals surface area (Å²) in [5, 5.41) is 18.7. The summed E-state index contributed by atoms with van der Waals surface area (Å²) in [5.41, 5.74) is 2.61. The number of hydrogen-bond acceptors (Lipinski definition) is 5. The van der Waals surface area contributed by atoms with Crippen molar-refractivity contribution >= 4 is 22.4 Å². The van der Waals surface area contributed by atoms with Crippen molar-refractivity contribution < 1.29 is 9.13 Å². The summed E-state index contributed by atoms with van der Waals surface area (Å²) in [7, 11) is 0. The minimum absolute atomic E-state index is 0.0145. The van der Waals surface area contributed by atoms with Crippen LogP contribution in [0.1, 0.15) is 37.3 Å². The summed E-state index contributed by atoms with van der Waals surface area (Å²) < 4.78 is 21.5. The summed E-state index contributed by atoms with van der Waals surface area (Å²) in [6.07, 6.45) is 5.60. The third-order valence-corrected chi connectivity index (χ3v) is 6.12. The molecule has 33 heavy (non-hydrogen) atoms. The topological polar surface area (TPSA) is 75.8 Å². The van der Waals surface area contributed by atoms with Crippen LogP contribution in [0.15, 0.2) is 66.9 Å². The highest BCUT2D eigenvalue weighted by atomic mass is 19.1. The van der Waals surface area contributed by atoms with Gasteiger partial charge in [-0.15, -0.1) is 0 Å². The van der Waals surface area contributed by atoms with Crippen molar-refractivity contribution in [2.45, 2.75) is 38.3 Å².